The Labute approximate surface area is 114 Å². The minimum Gasteiger partial charge on any atom is -0.350 e. The molecule has 1 aliphatic rings. The van der Waals surface area contributed by atoms with Crippen LogP contribution >= 0.6 is 27.3 Å². The standard InChI is InChI=1S/C12H17BrN2OS/c1-9(15-6-2-3-7-15)8-14-12(16)10-4-5-11(13)17-10/h4-5,9H,2-3,6-8H2,1H3,(H,14,16). The van der Waals surface area contributed by atoms with E-state index in [0.29, 0.717) is 6.04 Å². The molecule has 0 aromatic carbocycles. The molecule has 0 bridgehead atoms. The minimum atomic E-state index is 0.0340. The van der Waals surface area contributed by atoms with E-state index in [2.05, 4.69) is 33.1 Å². The molecule has 1 amide bonds. The van der Waals surface area contributed by atoms with Crippen LogP contribution in [0, 0.1) is 0 Å². The number of nitrogens with zero attached hydrogens (tertiary/aromatic N) is 1. The predicted molar refractivity (Wildman–Crippen MR) is 74.6 cm³/mol. The van der Waals surface area contributed by atoms with Crippen LogP contribution in [0.5, 0.6) is 0 Å². The number of nitrogens with one attached hydrogen (secondary N) is 1. The first-order valence-electron chi connectivity index (χ1n) is 5.94. The van der Waals surface area contributed by atoms with E-state index in [4.69, 9.17) is 0 Å². The van der Waals surface area contributed by atoms with Crippen LogP contribution < -0.4 is 5.32 Å². The van der Waals surface area contributed by atoms with Crippen LogP contribution in [0.1, 0.15) is 29.4 Å². The first kappa shape index (κ1) is 13.1. The van der Waals surface area contributed by atoms with Gasteiger partial charge in [0.25, 0.3) is 5.91 Å². The number of carbonyl (C=O) groups is 1. The van der Waals surface area contributed by atoms with Gasteiger partial charge in [-0.05, 0) is 60.9 Å². The van der Waals surface area contributed by atoms with Gasteiger partial charge < -0.3 is 5.32 Å². The number of hydrogen-bond acceptors (Lipinski definition) is 3. The largest absolute Gasteiger partial charge is 0.350 e. The molecule has 1 N–H and O–H groups in total. The molecule has 2 rings (SSSR count). The van der Waals surface area contributed by atoms with Crippen LogP contribution in [0.4, 0.5) is 0 Å². The van der Waals surface area contributed by atoms with E-state index in [1.807, 2.05) is 12.1 Å². The lowest BCUT2D eigenvalue weighted by atomic mass is 10.3. The van der Waals surface area contributed by atoms with E-state index in [-0.39, 0.29) is 5.91 Å². The van der Waals surface area contributed by atoms with Gasteiger partial charge in [-0.2, -0.15) is 0 Å². The lowest BCUT2D eigenvalue weighted by Gasteiger charge is -2.23. The molecule has 5 heteroatoms. The molecule has 2 heterocycles. The van der Waals surface area contributed by atoms with Crippen LogP contribution in [0.25, 0.3) is 0 Å². The summed E-state index contributed by atoms with van der Waals surface area (Å²) in [5.74, 6) is 0.0340. The zero-order chi connectivity index (χ0) is 12.3. The van der Waals surface area contributed by atoms with Gasteiger partial charge in [-0.25, -0.2) is 0 Å². The second kappa shape index (κ2) is 5.98. The lowest BCUT2D eigenvalue weighted by Crippen LogP contribution is -2.40. The van der Waals surface area contributed by atoms with Crippen molar-refractivity contribution in [2.45, 2.75) is 25.8 Å². The maximum Gasteiger partial charge on any atom is 0.261 e. The Morgan fingerprint density at radius 1 is 1.53 bits per heavy atom. The predicted octanol–water partition coefficient (Wildman–Crippen LogP) is 2.72. The zero-order valence-electron chi connectivity index (χ0n) is 9.91. The summed E-state index contributed by atoms with van der Waals surface area (Å²) in [4.78, 5) is 15.0. The van der Waals surface area contributed by atoms with Crippen LogP contribution in [-0.2, 0) is 0 Å². The summed E-state index contributed by atoms with van der Waals surface area (Å²) >= 11 is 4.84. The van der Waals surface area contributed by atoms with Crippen molar-refractivity contribution >= 4 is 33.2 Å². The second-order valence-corrected chi connectivity index (χ2v) is 6.87. The SMILES string of the molecule is CC(CNC(=O)c1ccc(Br)s1)N1CCCC1. The summed E-state index contributed by atoms with van der Waals surface area (Å²) in [5.41, 5.74) is 0. The molecule has 3 nitrogen and oxygen atoms in total. The molecule has 1 atom stereocenters. The molecule has 1 aromatic heterocycles. The van der Waals surface area contributed by atoms with Crippen molar-refractivity contribution in [2.75, 3.05) is 19.6 Å². The fourth-order valence-electron chi connectivity index (χ4n) is 2.08. The Hall–Kier alpha value is -0.390. The first-order valence-corrected chi connectivity index (χ1v) is 7.55. The molecule has 0 spiro atoms. The van der Waals surface area contributed by atoms with Gasteiger partial charge in [-0.1, -0.05) is 0 Å². The Balaban J connectivity index is 1.79. The summed E-state index contributed by atoms with van der Waals surface area (Å²) in [5, 5.41) is 3.00. The summed E-state index contributed by atoms with van der Waals surface area (Å²) in [6, 6.07) is 4.19. The van der Waals surface area contributed by atoms with Crippen molar-refractivity contribution in [3.8, 4) is 0 Å². The fourth-order valence-corrected chi connectivity index (χ4v) is 3.38. The number of thiophene rings is 1. The zero-order valence-corrected chi connectivity index (χ0v) is 12.3. The number of carbonyl (C=O) groups excluding carboxylic acids is 1. The minimum absolute atomic E-state index is 0.0340. The molecule has 0 saturated carbocycles. The third-order valence-electron chi connectivity index (χ3n) is 3.12. The molecular formula is C12H17BrN2OS. The third-order valence-corrected chi connectivity index (χ3v) is 4.74. The highest BCUT2D eigenvalue weighted by atomic mass is 79.9. The van der Waals surface area contributed by atoms with Gasteiger partial charge in [0.1, 0.15) is 0 Å². The second-order valence-electron chi connectivity index (χ2n) is 4.41. The first-order chi connectivity index (χ1) is 8.16. The lowest BCUT2D eigenvalue weighted by molar-refractivity contribution is 0.0944. The van der Waals surface area contributed by atoms with Gasteiger partial charge in [0.05, 0.1) is 8.66 Å². The summed E-state index contributed by atoms with van der Waals surface area (Å²) in [6.45, 7) is 5.24. The van der Waals surface area contributed by atoms with Crippen molar-refractivity contribution in [3.05, 3.63) is 20.8 Å². The number of hydrogen-bond donors (Lipinski definition) is 1. The van der Waals surface area contributed by atoms with E-state index in [9.17, 15) is 4.79 Å². The molecule has 1 saturated heterocycles. The molecule has 1 aromatic rings. The number of amides is 1. The molecule has 1 aliphatic heterocycles. The van der Waals surface area contributed by atoms with Crippen LogP contribution in [-0.4, -0.2) is 36.5 Å². The van der Waals surface area contributed by atoms with Crippen molar-refractivity contribution in [1.82, 2.24) is 10.2 Å². The Morgan fingerprint density at radius 3 is 2.82 bits per heavy atom. The van der Waals surface area contributed by atoms with Crippen LogP contribution in [0.2, 0.25) is 0 Å². The number of halogens is 1. The van der Waals surface area contributed by atoms with Gasteiger partial charge in [0, 0.05) is 12.6 Å². The monoisotopic (exact) mass is 316 g/mol. The molecule has 1 unspecified atom stereocenters. The maximum absolute atomic E-state index is 11.8. The Kier molecular flexibility index (Phi) is 4.59. The number of rotatable bonds is 4. The molecule has 0 radical (unpaired) electrons. The third kappa shape index (κ3) is 3.53. The maximum atomic E-state index is 11.8. The average molecular weight is 317 g/mol. The molecular weight excluding hydrogens is 300 g/mol. The van der Waals surface area contributed by atoms with Crippen molar-refractivity contribution in [3.63, 3.8) is 0 Å². The van der Waals surface area contributed by atoms with Gasteiger partial charge in [-0.15, -0.1) is 11.3 Å². The summed E-state index contributed by atoms with van der Waals surface area (Å²) in [6.07, 6.45) is 2.58. The van der Waals surface area contributed by atoms with Gasteiger partial charge in [0.15, 0.2) is 0 Å². The van der Waals surface area contributed by atoms with Crippen molar-refractivity contribution < 1.29 is 4.79 Å². The van der Waals surface area contributed by atoms with Crippen LogP contribution in [0.15, 0.2) is 15.9 Å². The van der Waals surface area contributed by atoms with Crippen molar-refractivity contribution in [2.24, 2.45) is 0 Å². The Bertz CT molecular complexity index is 388. The molecule has 17 heavy (non-hydrogen) atoms. The van der Waals surface area contributed by atoms with E-state index < -0.39 is 0 Å². The highest BCUT2D eigenvalue weighted by Gasteiger charge is 2.18. The molecule has 0 aliphatic carbocycles. The molecule has 94 valence electrons. The van der Waals surface area contributed by atoms with E-state index in [1.54, 1.807) is 0 Å². The highest BCUT2D eigenvalue weighted by Crippen LogP contribution is 2.21. The summed E-state index contributed by atoms with van der Waals surface area (Å²) in [7, 11) is 0. The fraction of sp³-hybridized carbons (Fsp3) is 0.583. The van der Waals surface area contributed by atoms with Gasteiger partial charge >= 0.3 is 0 Å². The normalized spacial score (nSPS) is 18.2. The van der Waals surface area contributed by atoms with Crippen LogP contribution in [0.3, 0.4) is 0 Å². The average Bonchev–Trinajstić information content (AvgIpc) is 2.95. The van der Waals surface area contributed by atoms with E-state index >= 15 is 0 Å². The van der Waals surface area contributed by atoms with Crippen molar-refractivity contribution in [1.29, 1.82) is 0 Å². The highest BCUT2D eigenvalue weighted by molar-refractivity contribution is 9.11. The quantitative estimate of drug-likeness (QED) is 0.926. The summed E-state index contributed by atoms with van der Waals surface area (Å²) < 4.78 is 0.996. The smallest absolute Gasteiger partial charge is 0.261 e. The van der Waals surface area contributed by atoms with E-state index in [0.717, 1.165) is 15.2 Å². The number of likely N-dealkylation sites (tertiary alicyclic amines) is 1. The Morgan fingerprint density at radius 2 is 2.24 bits per heavy atom. The van der Waals surface area contributed by atoms with Gasteiger partial charge in [-0.3, -0.25) is 9.69 Å². The molecule has 1 fully saturated rings. The van der Waals surface area contributed by atoms with Gasteiger partial charge in [0.2, 0.25) is 0 Å². The van der Waals surface area contributed by atoms with E-state index in [1.165, 1.54) is 37.3 Å². The topological polar surface area (TPSA) is 32.3 Å².